The maximum Gasteiger partial charge on any atom is 0.249 e. The second-order valence-electron chi connectivity index (χ2n) is 8.46. The van der Waals surface area contributed by atoms with Gasteiger partial charge in [0.1, 0.15) is 17.5 Å². The largest absolute Gasteiger partial charge is 0.496 e. The number of likely N-dealkylation sites (N-methyl/N-ethyl adjacent to an activating group) is 1. The Balaban J connectivity index is 1.51. The Hall–Kier alpha value is -3.66. The van der Waals surface area contributed by atoms with Crippen LogP contribution in [0.15, 0.2) is 28.8 Å². The monoisotopic (exact) mass is 464 g/mol. The van der Waals surface area contributed by atoms with E-state index in [1.807, 2.05) is 30.0 Å². The second-order valence-corrected chi connectivity index (χ2v) is 8.46. The summed E-state index contributed by atoms with van der Waals surface area (Å²) in [5, 5.41) is 3.31. The van der Waals surface area contributed by atoms with Crippen molar-refractivity contribution in [1.29, 1.82) is 0 Å². The maximum absolute atomic E-state index is 13.0. The number of rotatable bonds is 6. The van der Waals surface area contributed by atoms with E-state index in [9.17, 15) is 4.79 Å². The zero-order valence-electron chi connectivity index (χ0n) is 20.0. The molecule has 2 aliphatic rings. The van der Waals surface area contributed by atoms with E-state index in [-0.39, 0.29) is 18.1 Å². The highest BCUT2D eigenvalue weighted by atomic mass is 16.5. The molecule has 0 aliphatic carbocycles. The van der Waals surface area contributed by atoms with Gasteiger partial charge in [-0.25, -0.2) is 9.97 Å². The number of nitrogens with zero attached hydrogens (tertiary/aromatic N) is 5. The van der Waals surface area contributed by atoms with Crippen LogP contribution in [0.2, 0.25) is 0 Å². The Morgan fingerprint density at radius 3 is 2.76 bits per heavy atom. The molecule has 34 heavy (non-hydrogen) atoms. The highest BCUT2D eigenvalue weighted by Gasteiger charge is 2.45. The smallest absolute Gasteiger partial charge is 0.249 e. The molecular formula is C24H28N6O4. The minimum Gasteiger partial charge on any atom is -0.496 e. The van der Waals surface area contributed by atoms with E-state index in [1.165, 1.54) is 0 Å². The molecule has 10 heteroatoms. The van der Waals surface area contributed by atoms with Crippen molar-refractivity contribution in [2.24, 2.45) is 0 Å². The van der Waals surface area contributed by atoms with Crippen LogP contribution in [0.25, 0.3) is 11.3 Å². The van der Waals surface area contributed by atoms with Crippen LogP contribution in [0.3, 0.4) is 0 Å². The van der Waals surface area contributed by atoms with E-state index < -0.39 is 0 Å². The Kier molecular flexibility index (Phi) is 5.60. The lowest BCUT2D eigenvalue weighted by Gasteiger charge is -2.37. The quantitative estimate of drug-likeness (QED) is 0.588. The third-order valence-electron chi connectivity index (χ3n) is 6.44. The summed E-state index contributed by atoms with van der Waals surface area (Å²) in [5.74, 6) is 3.13. The number of carbonyl (C=O) groups excluding carboxylic acids is 1. The van der Waals surface area contributed by atoms with Gasteiger partial charge in [0.15, 0.2) is 17.5 Å². The van der Waals surface area contributed by atoms with Crippen LogP contribution in [-0.4, -0.2) is 60.8 Å². The first-order chi connectivity index (χ1) is 16.4. The minimum atomic E-state index is -0.278. The van der Waals surface area contributed by atoms with Crippen LogP contribution in [0.4, 0.5) is 23.1 Å². The molecule has 1 aromatic carbocycles. The van der Waals surface area contributed by atoms with Crippen molar-refractivity contribution in [1.82, 2.24) is 15.0 Å². The number of nitrogens with one attached hydrogen (secondary N) is 1. The van der Waals surface area contributed by atoms with E-state index in [0.717, 1.165) is 28.5 Å². The van der Waals surface area contributed by atoms with E-state index in [0.29, 0.717) is 42.7 Å². The summed E-state index contributed by atoms with van der Waals surface area (Å²) < 4.78 is 16.8. The molecule has 178 valence electrons. The van der Waals surface area contributed by atoms with Crippen molar-refractivity contribution in [2.45, 2.75) is 38.8 Å². The summed E-state index contributed by atoms with van der Waals surface area (Å²) in [5.41, 5.74) is 3.15. The first kappa shape index (κ1) is 22.1. The van der Waals surface area contributed by atoms with Gasteiger partial charge in [-0.3, -0.25) is 4.79 Å². The van der Waals surface area contributed by atoms with Crippen molar-refractivity contribution >= 4 is 29.0 Å². The molecule has 10 nitrogen and oxygen atoms in total. The van der Waals surface area contributed by atoms with Gasteiger partial charge < -0.3 is 29.0 Å². The van der Waals surface area contributed by atoms with Crippen molar-refractivity contribution in [3.05, 3.63) is 36.0 Å². The molecule has 5 rings (SSSR count). The molecule has 1 N–H and O–H groups in total. The average molecular weight is 465 g/mol. The van der Waals surface area contributed by atoms with Crippen LogP contribution in [-0.2, 0) is 16.0 Å². The van der Waals surface area contributed by atoms with Gasteiger partial charge in [0.25, 0.3) is 0 Å². The number of hydrogen-bond acceptors (Lipinski definition) is 9. The van der Waals surface area contributed by atoms with Crippen LogP contribution < -0.4 is 19.9 Å². The molecule has 1 saturated heterocycles. The fraction of sp³-hybridized carbons (Fsp3) is 0.417. The number of aromatic nitrogens is 3. The predicted octanol–water partition coefficient (Wildman–Crippen LogP) is 3.32. The summed E-state index contributed by atoms with van der Waals surface area (Å²) in [7, 11) is 5.09. The number of hydrogen-bond donors (Lipinski definition) is 1. The minimum absolute atomic E-state index is 0.0127. The Morgan fingerprint density at radius 2 is 2.09 bits per heavy atom. The highest BCUT2D eigenvalue weighted by Crippen LogP contribution is 2.41. The molecule has 2 atom stereocenters. The first-order valence-electron chi connectivity index (χ1n) is 11.3. The fourth-order valence-electron chi connectivity index (χ4n) is 4.69. The lowest BCUT2D eigenvalue weighted by Crippen LogP contribution is -2.50. The standard InChI is InChI=1S/C24H28N6O4/c1-6-17-21-22(30-12-15(32-4)10-18(30)23(31)29(21)3)28-24(27-17)26-14-7-8-16(19(9-14)33-5)20-11-25-13(2)34-20/h7-9,11,15,18H,6,10,12H2,1-5H3,(H,26,27,28). The average Bonchev–Trinajstić information content (AvgIpc) is 3.48. The van der Waals surface area contributed by atoms with Gasteiger partial charge in [-0.2, -0.15) is 4.98 Å². The van der Waals surface area contributed by atoms with Crippen molar-refractivity contribution in [3.63, 3.8) is 0 Å². The number of methoxy groups -OCH3 is 2. The number of ether oxygens (including phenoxy) is 2. The summed E-state index contributed by atoms with van der Waals surface area (Å²) in [4.78, 5) is 30.5. The van der Waals surface area contributed by atoms with E-state index >= 15 is 0 Å². The van der Waals surface area contributed by atoms with Gasteiger partial charge >= 0.3 is 0 Å². The molecule has 3 aromatic rings. The molecule has 2 unspecified atom stereocenters. The van der Waals surface area contributed by atoms with Crippen LogP contribution >= 0.6 is 0 Å². The van der Waals surface area contributed by atoms with Gasteiger partial charge in [-0.15, -0.1) is 0 Å². The molecule has 1 amide bonds. The Bertz CT molecular complexity index is 1240. The summed E-state index contributed by atoms with van der Waals surface area (Å²) in [6, 6.07) is 5.42. The normalized spacial score (nSPS) is 19.3. The van der Waals surface area contributed by atoms with Gasteiger partial charge in [0.2, 0.25) is 11.9 Å². The molecule has 1 fully saturated rings. The second kappa shape index (κ2) is 8.60. The van der Waals surface area contributed by atoms with Crippen LogP contribution in [0, 0.1) is 6.92 Å². The fourth-order valence-corrected chi connectivity index (χ4v) is 4.69. The van der Waals surface area contributed by atoms with Gasteiger partial charge in [-0.05, 0) is 18.6 Å². The van der Waals surface area contributed by atoms with Crippen molar-refractivity contribution in [2.75, 3.05) is 42.9 Å². The number of aryl methyl sites for hydroxylation is 2. The molecule has 0 saturated carbocycles. The molecule has 0 spiro atoms. The first-order valence-corrected chi connectivity index (χ1v) is 11.3. The molecule has 0 radical (unpaired) electrons. The van der Waals surface area contributed by atoms with Gasteiger partial charge in [-0.1, -0.05) is 6.92 Å². The zero-order valence-corrected chi connectivity index (χ0v) is 20.0. The van der Waals surface area contributed by atoms with Gasteiger partial charge in [0.05, 0.1) is 30.7 Å². The summed E-state index contributed by atoms with van der Waals surface area (Å²) in [6.07, 6.45) is 2.97. The lowest BCUT2D eigenvalue weighted by molar-refractivity contribution is -0.119. The molecular weight excluding hydrogens is 436 g/mol. The number of benzene rings is 1. The van der Waals surface area contributed by atoms with Crippen LogP contribution in [0.1, 0.15) is 24.9 Å². The number of oxazole rings is 1. The van der Waals surface area contributed by atoms with E-state index in [1.54, 1.807) is 39.3 Å². The Labute approximate surface area is 197 Å². The number of amides is 1. The van der Waals surface area contributed by atoms with Gasteiger partial charge in [0, 0.05) is 45.8 Å². The Morgan fingerprint density at radius 1 is 1.26 bits per heavy atom. The molecule has 2 aliphatic heterocycles. The van der Waals surface area contributed by atoms with Crippen molar-refractivity contribution in [3.8, 4) is 17.1 Å². The number of fused-ring (bicyclic) bond motifs is 3. The third-order valence-corrected chi connectivity index (χ3v) is 6.44. The van der Waals surface area contributed by atoms with E-state index in [4.69, 9.17) is 23.9 Å². The predicted molar refractivity (Wildman–Crippen MR) is 128 cm³/mol. The topological polar surface area (TPSA) is 106 Å². The molecule has 2 aromatic heterocycles. The summed E-state index contributed by atoms with van der Waals surface area (Å²) in [6.45, 7) is 4.44. The van der Waals surface area contributed by atoms with E-state index in [2.05, 4.69) is 10.3 Å². The summed E-state index contributed by atoms with van der Waals surface area (Å²) >= 11 is 0. The number of anilines is 4. The maximum atomic E-state index is 13.0. The third kappa shape index (κ3) is 3.63. The molecule has 4 heterocycles. The molecule has 0 bridgehead atoms. The van der Waals surface area contributed by atoms with Crippen LogP contribution in [0.5, 0.6) is 5.75 Å². The van der Waals surface area contributed by atoms with Crippen molar-refractivity contribution < 1.29 is 18.7 Å². The number of carbonyl (C=O) groups is 1. The lowest BCUT2D eigenvalue weighted by atomic mass is 10.1. The SMILES string of the molecule is CCc1nc(Nc2ccc(-c3cnc(C)o3)c(OC)c2)nc2c1N(C)C(=O)C1CC(OC)CN21. The highest BCUT2D eigenvalue weighted by molar-refractivity contribution is 6.05. The zero-order chi connectivity index (χ0) is 24.0.